The Morgan fingerprint density at radius 2 is 2.08 bits per heavy atom. The standard InChI is InChI=1S/C11H19NO/c1-11(2)6-5-9(8-13)10(7-11)12(3)4/h5-6,8-10H,7H2,1-4H3. The number of carbonyl (C=O) groups excluding carboxylic acids is 1. The molecule has 0 aliphatic heterocycles. The summed E-state index contributed by atoms with van der Waals surface area (Å²) in [4.78, 5) is 13.0. The summed E-state index contributed by atoms with van der Waals surface area (Å²) in [5, 5.41) is 0. The molecule has 0 aromatic heterocycles. The minimum atomic E-state index is 0.0722. The normalized spacial score (nSPS) is 32.1. The predicted octanol–water partition coefficient (Wildman–Crippen LogP) is 1.72. The van der Waals surface area contributed by atoms with Crippen LogP contribution in [0, 0.1) is 11.3 Å². The lowest BCUT2D eigenvalue weighted by Crippen LogP contribution is -2.41. The van der Waals surface area contributed by atoms with E-state index in [1.54, 1.807) is 0 Å². The van der Waals surface area contributed by atoms with E-state index < -0.39 is 0 Å². The van der Waals surface area contributed by atoms with Gasteiger partial charge in [0, 0.05) is 12.0 Å². The second-order valence-corrected chi connectivity index (χ2v) is 4.80. The van der Waals surface area contributed by atoms with Gasteiger partial charge in [-0.3, -0.25) is 0 Å². The first-order valence-corrected chi connectivity index (χ1v) is 4.77. The zero-order valence-electron chi connectivity index (χ0n) is 8.95. The molecule has 0 N–H and O–H groups in total. The molecule has 0 spiro atoms. The molecule has 0 aromatic rings. The molecular weight excluding hydrogens is 162 g/mol. The van der Waals surface area contributed by atoms with E-state index in [0.29, 0.717) is 6.04 Å². The van der Waals surface area contributed by atoms with E-state index >= 15 is 0 Å². The Morgan fingerprint density at radius 1 is 1.46 bits per heavy atom. The third kappa shape index (κ3) is 2.41. The summed E-state index contributed by atoms with van der Waals surface area (Å²) in [6.45, 7) is 4.42. The monoisotopic (exact) mass is 181 g/mol. The van der Waals surface area contributed by atoms with Gasteiger partial charge in [-0.25, -0.2) is 0 Å². The topological polar surface area (TPSA) is 20.3 Å². The van der Waals surface area contributed by atoms with Crippen molar-refractivity contribution in [3.8, 4) is 0 Å². The van der Waals surface area contributed by atoms with Crippen LogP contribution >= 0.6 is 0 Å². The van der Waals surface area contributed by atoms with E-state index in [0.717, 1.165) is 12.7 Å². The summed E-state index contributed by atoms with van der Waals surface area (Å²) < 4.78 is 0. The van der Waals surface area contributed by atoms with Gasteiger partial charge in [-0.1, -0.05) is 26.0 Å². The van der Waals surface area contributed by atoms with Gasteiger partial charge in [0.15, 0.2) is 0 Å². The number of nitrogens with zero attached hydrogens (tertiary/aromatic N) is 1. The Hall–Kier alpha value is -0.630. The molecule has 2 nitrogen and oxygen atoms in total. The van der Waals surface area contributed by atoms with Crippen LogP contribution in [0.2, 0.25) is 0 Å². The fourth-order valence-corrected chi connectivity index (χ4v) is 1.91. The summed E-state index contributed by atoms with van der Waals surface area (Å²) in [7, 11) is 4.08. The lowest BCUT2D eigenvalue weighted by molar-refractivity contribution is -0.111. The number of hydrogen-bond donors (Lipinski definition) is 0. The summed E-state index contributed by atoms with van der Waals surface area (Å²) in [5.41, 5.74) is 0.231. The number of carbonyl (C=O) groups is 1. The molecule has 1 aliphatic rings. The highest BCUT2D eigenvalue weighted by atomic mass is 16.1. The molecule has 13 heavy (non-hydrogen) atoms. The fraction of sp³-hybridized carbons (Fsp3) is 0.727. The molecule has 0 heterocycles. The maximum atomic E-state index is 10.8. The molecule has 0 saturated heterocycles. The van der Waals surface area contributed by atoms with Crippen molar-refractivity contribution in [1.29, 1.82) is 0 Å². The van der Waals surface area contributed by atoms with Crippen LogP contribution in [-0.2, 0) is 4.79 Å². The first kappa shape index (κ1) is 10.5. The molecule has 2 heteroatoms. The van der Waals surface area contributed by atoms with Gasteiger partial charge >= 0.3 is 0 Å². The van der Waals surface area contributed by atoms with Gasteiger partial charge in [0.05, 0.1) is 0 Å². The van der Waals surface area contributed by atoms with Crippen molar-refractivity contribution in [2.24, 2.45) is 11.3 Å². The van der Waals surface area contributed by atoms with Crippen LogP contribution in [0.3, 0.4) is 0 Å². The zero-order chi connectivity index (χ0) is 10.1. The maximum absolute atomic E-state index is 10.8. The summed E-state index contributed by atoms with van der Waals surface area (Å²) in [6.07, 6.45) is 6.31. The van der Waals surface area contributed by atoms with E-state index in [4.69, 9.17) is 0 Å². The molecule has 0 saturated carbocycles. The van der Waals surface area contributed by atoms with Crippen LogP contribution in [0.4, 0.5) is 0 Å². The largest absolute Gasteiger partial charge is 0.305 e. The molecular formula is C11H19NO. The summed E-state index contributed by atoms with van der Waals surface area (Å²) >= 11 is 0. The summed E-state index contributed by atoms with van der Waals surface area (Å²) in [5.74, 6) is 0.0722. The van der Waals surface area contributed by atoms with Crippen LogP contribution in [0.1, 0.15) is 20.3 Å². The Labute approximate surface area is 80.6 Å². The van der Waals surface area contributed by atoms with Crippen molar-refractivity contribution in [2.45, 2.75) is 26.3 Å². The molecule has 0 fully saturated rings. The molecule has 1 aliphatic carbocycles. The quantitative estimate of drug-likeness (QED) is 0.477. The van der Waals surface area contributed by atoms with Gasteiger partial charge in [-0.05, 0) is 25.9 Å². The lowest BCUT2D eigenvalue weighted by Gasteiger charge is -2.37. The van der Waals surface area contributed by atoms with Crippen molar-refractivity contribution in [3.63, 3.8) is 0 Å². The molecule has 2 unspecified atom stereocenters. The highest BCUT2D eigenvalue weighted by Gasteiger charge is 2.31. The SMILES string of the molecule is CN(C)C1CC(C)(C)C=CC1C=O. The Kier molecular flexibility index (Phi) is 2.91. The third-order valence-electron chi connectivity index (χ3n) is 2.77. The second kappa shape index (κ2) is 3.62. The second-order valence-electron chi connectivity index (χ2n) is 4.80. The lowest BCUT2D eigenvalue weighted by atomic mass is 9.76. The average Bonchev–Trinajstić information content (AvgIpc) is 2.03. The molecule has 74 valence electrons. The average molecular weight is 181 g/mol. The van der Waals surface area contributed by atoms with E-state index in [-0.39, 0.29) is 11.3 Å². The molecule has 1 rings (SSSR count). The Bertz CT molecular complexity index is 218. The molecule has 0 radical (unpaired) electrons. The first-order valence-electron chi connectivity index (χ1n) is 4.77. The van der Waals surface area contributed by atoms with E-state index in [2.05, 4.69) is 24.8 Å². The van der Waals surface area contributed by atoms with Crippen molar-refractivity contribution >= 4 is 6.29 Å². The van der Waals surface area contributed by atoms with Gasteiger partial charge in [-0.2, -0.15) is 0 Å². The minimum absolute atomic E-state index is 0.0722. The molecule has 2 atom stereocenters. The number of hydrogen-bond acceptors (Lipinski definition) is 2. The van der Waals surface area contributed by atoms with Gasteiger partial charge in [0.25, 0.3) is 0 Å². The van der Waals surface area contributed by atoms with E-state index in [1.807, 2.05) is 20.2 Å². The van der Waals surface area contributed by atoms with Crippen LogP contribution in [0.15, 0.2) is 12.2 Å². The third-order valence-corrected chi connectivity index (χ3v) is 2.77. The van der Waals surface area contributed by atoms with E-state index in [9.17, 15) is 4.79 Å². The zero-order valence-corrected chi connectivity index (χ0v) is 8.95. The van der Waals surface area contributed by atoms with Crippen molar-refractivity contribution < 1.29 is 4.79 Å². The number of aldehydes is 1. The highest BCUT2D eigenvalue weighted by molar-refractivity contribution is 5.58. The molecule has 0 aromatic carbocycles. The van der Waals surface area contributed by atoms with Crippen LogP contribution < -0.4 is 0 Å². The van der Waals surface area contributed by atoms with Crippen LogP contribution in [-0.4, -0.2) is 31.3 Å². The van der Waals surface area contributed by atoms with Gasteiger partial charge < -0.3 is 9.69 Å². The van der Waals surface area contributed by atoms with Crippen molar-refractivity contribution in [1.82, 2.24) is 4.90 Å². The van der Waals surface area contributed by atoms with Crippen molar-refractivity contribution in [3.05, 3.63) is 12.2 Å². The smallest absolute Gasteiger partial charge is 0.128 e. The molecule has 0 bridgehead atoms. The number of rotatable bonds is 2. The van der Waals surface area contributed by atoms with E-state index in [1.165, 1.54) is 0 Å². The van der Waals surface area contributed by atoms with Crippen LogP contribution in [0.25, 0.3) is 0 Å². The van der Waals surface area contributed by atoms with Crippen molar-refractivity contribution in [2.75, 3.05) is 14.1 Å². The Balaban J connectivity index is 2.83. The van der Waals surface area contributed by atoms with Crippen LogP contribution in [0.5, 0.6) is 0 Å². The fourth-order valence-electron chi connectivity index (χ4n) is 1.91. The maximum Gasteiger partial charge on any atom is 0.128 e. The molecule has 0 amide bonds. The van der Waals surface area contributed by atoms with Gasteiger partial charge in [0.1, 0.15) is 6.29 Å². The van der Waals surface area contributed by atoms with Gasteiger partial charge in [-0.15, -0.1) is 0 Å². The highest BCUT2D eigenvalue weighted by Crippen LogP contribution is 2.33. The van der Waals surface area contributed by atoms with Gasteiger partial charge in [0.2, 0.25) is 0 Å². The first-order chi connectivity index (χ1) is 5.96. The Morgan fingerprint density at radius 3 is 2.54 bits per heavy atom. The minimum Gasteiger partial charge on any atom is -0.305 e. The summed E-state index contributed by atoms with van der Waals surface area (Å²) in [6, 6.07) is 0.359. The number of allylic oxidation sites excluding steroid dienone is 1. The predicted molar refractivity (Wildman–Crippen MR) is 54.6 cm³/mol.